The van der Waals surface area contributed by atoms with E-state index in [0.717, 1.165) is 0 Å². The first-order valence-electron chi connectivity index (χ1n) is 7.07. The monoisotopic (exact) mass is 346 g/mol. The van der Waals surface area contributed by atoms with Crippen LogP contribution in [-0.2, 0) is 4.79 Å². The van der Waals surface area contributed by atoms with Crippen molar-refractivity contribution in [3.8, 4) is 11.5 Å². The first-order valence-corrected chi connectivity index (χ1v) is 8.12. The van der Waals surface area contributed by atoms with E-state index in [9.17, 15) is 20.0 Å². The molecule has 2 aromatic carbocycles. The maximum absolute atomic E-state index is 12.3. The van der Waals surface area contributed by atoms with Gasteiger partial charge in [0.1, 0.15) is 11.1 Å². The summed E-state index contributed by atoms with van der Waals surface area (Å²) in [6, 6.07) is 11.3. The number of para-hydroxylation sites is 1. The van der Waals surface area contributed by atoms with Crippen LogP contribution in [0.25, 0.3) is 0 Å². The van der Waals surface area contributed by atoms with Gasteiger partial charge in [-0.3, -0.25) is 19.8 Å². The molecule has 1 heterocycles. The van der Waals surface area contributed by atoms with Crippen LogP contribution in [0.4, 0.5) is 11.4 Å². The molecule has 24 heavy (non-hydrogen) atoms. The topological polar surface area (TPSA) is 92.9 Å². The molecule has 8 heteroatoms. The van der Waals surface area contributed by atoms with Gasteiger partial charge < -0.3 is 9.84 Å². The molecule has 0 saturated carbocycles. The molecule has 0 spiro atoms. The molecule has 0 aliphatic carbocycles. The third-order valence-corrected chi connectivity index (χ3v) is 4.92. The third kappa shape index (κ3) is 2.76. The van der Waals surface area contributed by atoms with Crippen LogP contribution < -0.4 is 9.64 Å². The van der Waals surface area contributed by atoms with Gasteiger partial charge in [0.2, 0.25) is 11.7 Å². The average Bonchev–Trinajstić information content (AvgIpc) is 2.96. The van der Waals surface area contributed by atoms with Gasteiger partial charge in [0, 0.05) is 17.3 Å². The van der Waals surface area contributed by atoms with E-state index in [1.165, 1.54) is 28.8 Å². The van der Waals surface area contributed by atoms with Gasteiger partial charge in [-0.1, -0.05) is 12.1 Å². The molecular formula is C16H14N2O5S. The van der Waals surface area contributed by atoms with Crippen LogP contribution in [0, 0.1) is 10.1 Å². The second-order valence-corrected chi connectivity index (χ2v) is 6.17. The molecule has 1 aliphatic rings. The van der Waals surface area contributed by atoms with Crippen molar-refractivity contribution in [3.05, 3.63) is 58.1 Å². The lowest BCUT2D eigenvalue weighted by molar-refractivity contribution is -0.385. The number of amides is 1. The van der Waals surface area contributed by atoms with Crippen molar-refractivity contribution in [1.29, 1.82) is 0 Å². The SMILES string of the molecule is COc1ccc(N2C(=O)CS[C@H]2c2cccc([N+](=O)[O-])c2O)cc1. The van der Waals surface area contributed by atoms with Gasteiger partial charge >= 0.3 is 5.69 Å². The maximum atomic E-state index is 12.3. The van der Waals surface area contributed by atoms with E-state index in [1.807, 2.05) is 0 Å². The summed E-state index contributed by atoms with van der Waals surface area (Å²) < 4.78 is 5.11. The number of nitro groups is 1. The summed E-state index contributed by atoms with van der Waals surface area (Å²) in [6.07, 6.45) is 0. The minimum Gasteiger partial charge on any atom is -0.502 e. The first-order chi connectivity index (χ1) is 11.5. The number of rotatable bonds is 4. The molecule has 0 unspecified atom stereocenters. The molecule has 124 valence electrons. The average molecular weight is 346 g/mol. The summed E-state index contributed by atoms with van der Waals surface area (Å²) >= 11 is 1.31. The lowest BCUT2D eigenvalue weighted by Crippen LogP contribution is -2.27. The number of aromatic hydroxyl groups is 1. The summed E-state index contributed by atoms with van der Waals surface area (Å²) in [4.78, 5) is 24.2. The minimum atomic E-state index is -0.641. The number of carbonyl (C=O) groups excluding carboxylic acids is 1. The number of benzene rings is 2. The quantitative estimate of drug-likeness (QED) is 0.675. The Morgan fingerprint density at radius 1 is 1.29 bits per heavy atom. The number of phenols is 1. The number of hydrogen-bond acceptors (Lipinski definition) is 6. The molecule has 1 amide bonds. The van der Waals surface area contributed by atoms with E-state index < -0.39 is 16.0 Å². The first kappa shape index (κ1) is 16.1. The molecule has 7 nitrogen and oxygen atoms in total. The van der Waals surface area contributed by atoms with Crippen LogP contribution in [0.3, 0.4) is 0 Å². The lowest BCUT2D eigenvalue weighted by atomic mass is 10.1. The Morgan fingerprint density at radius 3 is 2.62 bits per heavy atom. The van der Waals surface area contributed by atoms with Crippen LogP contribution in [0.2, 0.25) is 0 Å². The highest BCUT2D eigenvalue weighted by atomic mass is 32.2. The van der Waals surface area contributed by atoms with E-state index in [0.29, 0.717) is 17.0 Å². The van der Waals surface area contributed by atoms with Crippen LogP contribution in [-0.4, -0.2) is 28.8 Å². The highest BCUT2D eigenvalue weighted by Gasteiger charge is 2.37. The van der Waals surface area contributed by atoms with E-state index in [2.05, 4.69) is 0 Å². The molecule has 0 radical (unpaired) electrons. The third-order valence-electron chi connectivity index (χ3n) is 3.73. The standard InChI is InChI=1S/C16H14N2O5S/c1-23-11-7-5-10(6-8-11)17-14(19)9-24-16(17)12-3-2-4-13(15(12)20)18(21)22/h2-8,16,20H,9H2,1H3/t16-/m0/s1. The second-order valence-electron chi connectivity index (χ2n) is 5.10. The molecule has 0 bridgehead atoms. The smallest absolute Gasteiger partial charge is 0.311 e. The fourth-order valence-corrected chi connectivity index (χ4v) is 3.77. The number of nitrogens with zero attached hydrogens (tertiary/aromatic N) is 2. The summed E-state index contributed by atoms with van der Waals surface area (Å²) in [6.45, 7) is 0. The van der Waals surface area contributed by atoms with Gasteiger partial charge in [-0.25, -0.2) is 0 Å². The van der Waals surface area contributed by atoms with Gasteiger partial charge in [-0.05, 0) is 24.3 Å². The number of carbonyl (C=O) groups is 1. The largest absolute Gasteiger partial charge is 0.502 e. The molecule has 1 aliphatic heterocycles. The van der Waals surface area contributed by atoms with Crippen molar-refractivity contribution < 1.29 is 19.6 Å². The molecule has 1 N–H and O–H groups in total. The fraction of sp³-hybridized carbons (Fsp3) is 0.188. The van der Waals surface area contributed by atoms with Gasteiger partial charge in [0.15, 0.2) is 0 Å². The van der Waals surface area contributed by atoms with E-state index in [1.54, 1.807) is 37.4 Å². The Hall–Kier alpha value is -2.74. The number of nitro benzene ring substituents is 1. The predicted molar refractivity (Wildman–Crippen MR) is 90.4 cm³/mol. The fourth-order valence-electron chi connectivity index (χ4n) is 2.57. The zero-order chi connectivity index (χ0) is 17.3. The Balaban J connectivity index is 2.02. The number of hydrogen-bond donors (Lipinski definition) is 1. The number of ether oxygens (including phenoxy) is 1. The zero-order valence-corrected chi connectivity index (χ0v) is 13.5. The molecule has 1 fully saturated rings. The lowest BCUT2D eigenvalue weighted by Gasteiger charge is -2.24. The van der Waals surface area contributed by atoms with Crippen molar-refractivity contribution in [2.24, 2.45) is 0 Å². The molecule has 1 atom stereocenters. The normalized spacial score (nSPS) is 17.1. The van der Waals surface area contributed by atoms with Crippen LogP contribution >= 0.6 is 11.8 Å². The number of anilines is 1. The van der Waals surface area contributed by atoms with Crippen molar-refractivity contribution >= 4 is 29.0 Å². The maximum Gasteiger partial charge on any atom is 0.311 e. The van der Waals surface area contributed by atoms with Crippen LogP contribution in [0.15, 0.2) is 42.5 Å². The Kier molecular flexibility index (Phi) is 4.30. The molecule has 3 rings (SSSR count). The van der Waals surface area contributed by atoms with Crippen molar-refractivity contribution in [1.82, 2.24) is 0 Å². The van der Waals surface area contributed by atoms with Gasteiger partial charge in [-0.2, -0.15) is 0 Å². The molecule has 2 aromatic rings. The van der Waals surface area contributed by atoms with Crippen LogP contribution in [0.5, 0.6) is 11.5 Å². The number of thioether (sulfide) groups is 1. The van der Waals surface area contributed by atoms with E-state index >= 15 is 0 Å². The Labute approximate surface area is 142 Å². The van der Waals surface area contributed by atoms with Gasteiger partial charge in [0.25, 0.3) is 0 Å². The summed E-state index contributed by atoms with van der Waals surface area (Å²) in [5, 5.41) is 20.7. The minimum absolute atomic E-state index is 0.124. The van der Waals surface area contributed by atoms with Crippen molar-refractivity contribution in [3.63, 3.8) is 0 Å². The summed E-state index contributed by atoms with van der Waals surface area (Å²) in [5.41, 5.74) is 0.611. The summed E-state index contributed by atoms with van der Waals surface area (Å²) in [5.74, 6) is 0.362. The summed E-state index contributed by atoms with van der Waals surface area (Å²) in [7, 11) is 1.55. The highest BCUT2D eigenvalue weighted by Crippen LogP contribution is 2.46. The second kappa shape index (κ2) is 6.40. The number of phenolic OH excluding ortho intramolecular Hbond substituents is 1. The van der Waals surface area contributed by atoms with Crippen molar-refractivity contribution in [2.45, 2.75) is 5.37 Å². The molecule has 1 saturated heterocycles. The van der Waals surface area contributed by atoms with E-state index in [-0.39, 0.29) is 17.3 Å². The van der Waals surface area contributed by atoms with Gasteiger partial charge in [-0.15, -0.1) is 11.8 Å². The molecule has 0 aromatic heterocycles. The Bertz CT molecular complexity index is 794. The molecular weight excluding hydrogens is 332 g/mol. The van der Waals surface area contributed by atoms with Crippen molar-refractivity contribution in [2.75, 3.05) is 17.8 Å². The number of methoxy groups -OCH3 is 1. The predicted octanol–water partition coefficient (Wildman–Crippen LogP) is 3.09. The van der Waals surface area contributed by atoms with Crippen LogP contribution in [0.1, 0.15) is 10.9 Å². The zero-order valence-electron chi connectivity index (χ0n) is 12.7. The Morgan fingerprint density at radius 2 is 2.00 bits per heavy atom. The van der Waals surface area contributed by atoms with E-state index in [4.69, 9.17) is 4.74 Å². The highest BCUT2D eigenvalue weighted by molar-refractivity contribution is 8.00. The van der Waals surface area contributed by atoms with Gasteiger partial charge in [0.05, 0.1) is 17.8 Å².